The van der Waals surface area contributed by atoms with Gasteiger partial charge in [-0.15, -0.1) is 13.2 Å². The van der Waals surface area contributed by atoms with Gasteiger partial charge in [0.15, 0.2) is 23.1 Å². The van der Waals surface area contributed by atoms with Gasteiger partial charge in [-0.25, -0.2) is 4.39 Å². The highest BCUT2D eigenvalue weighted by Crippen LogP contribution is 2.37. The molecule has 0 bridgehead atoms. The van der Waals surface area contributed by atoms with Crippen LogP contribution in [0.3, 0.4) is 0 Å². The molecule has 0 fully saturated rings. The summed E-state index contributed by atoms with van der Waals surface area (Å²) in [4.78, 5) is 31.3. The number of alkyl halides is 3. The second kappa shape index (κ2) is 9.38. The number of carbonyl (C=O) groups excluding carboxylic acids is 2. The monoisotopic (exact) mass is 466 g/mol. The lowest BCUT2D eigenvalue weighted by Gasteiger charge is -2.15. The second-order valence-electron chi connectivity index (χ2n) is 6.21. The number of carbonyl (C=O) groups is 2. The van der Waals surface area contributed by atoms with Crippen LogP contribution in [0.1, 0.15) is 20.8 Å². The van der Waals surface area contributed by atoms with Gasteiger partial charge in [-0.05, 0) is 24.3 Å². The zero-order chi connectivity index (χ0) is 24.2. The molecule has 3 rings (SSSR count). The number of hydrogen-bond donors (Lipinski definition) is 2. The number of halogens is 4. The molecule has 13 heteroatoms. The van der Waals surface area contributed by atoms with Crippen LogP contribution in [-0.2, 0) is 0 Å². The lowest BCUT2D eigenvalue weighted by Crippen LogP contribution is -2.17. The highest BCUT2D eigenvalue weighted by molar-refractivity contribution is 6.06. The molecule has 172 valence electrons. The van der Waals surface area contributed by atoms with Crippen molar-refractivity contribution in [3.05, 3.63) is 66.0 Å². The molecule has 0 unspecified atom stereocenters. The lowest BCUT2D eigenvalue weighted by atomic mass is 10.2. The third-order valence-electron chi connectivity index (χ3n) is 3.95. The van der Waals surface area contributed by atoms with Crippen molar-refractivity contribution in [1.82, 2.24) is 9.97 Å². The standard InChI is InChI=1S/C20H14F4N4O5/c1-31-15-7-11(33-20(22,23)24)2-3-14(15)32-16-9-26-8-12(21)17(16)19(30)28-10-4-5-27-13(6-10)18(25)29/h2-9H,1H3,(H2,25,29)(H,27,28,30). The molecule has 0 aliphatic rings. The van der Waals surface area contributed by atoms with E-state index < -0.39 is 35.3 Å². The molecule has 0 saturated carbocycles. The van der Waals surface area contributed by atoms with E-state index in [0.29, 0.717) is 0 Å². The summed E-state index contributed by atoms with van der Waals surface area (Å²) in [6.45, 7) is 0. The maximum atomic E-state index is 14.5. The van der Waals surface area contributed by atoms with Crippen LogP contribution in [0, 0.1) is 5.82 Å². The number of primary amides is 1. The summed E-state index contributed by atoms with van der Waals surface area (Å²) in [5.41, 5.74) is 4.54. The van der Waals surface area contributed by atoms with Gasteiger partial charge in [0.2, 0.25) is 0 Å². The van der Waals surface area contributed by atoms with Crippen LogP contribution >= 0.6 is 0 Å². The number of nitrogens with two attached hydrogens (primary N) is 1. The van der Waals surface area contributed by atoms with Crippen LogP contribution in [0.5, 0.6) is 23.0 Å². The summed E-state index contributed by atoms with van der Waals surface area (Å²) in [5.74, 6) is -4.13. The number of rotatable bonds is 7. The third-order valence-corrected chi connectivity index (χ3v) is 3.95. The Bertz CT molecular complexity index is 1200. The molecule has 3 aromatic rings. The molecule has 33 heavy (non-hydrogen) atoms. The zero-order valence-corrected chi connectivity index (χ0v) is 16.6. The maximum absolute atomic E-state index is 14.5. The highest BCUT2D eigenvalue weighted by atomic mass is 19.4. The first-order valence-corrected chi connectivity index (χ1v) is 8.89. The average molecular weight is 466 g/mol. The van der Waals surface area contributed by atoms with Crippen molar-refractivity contribution < 1.29 is 41.4 Å². The molecule has 2 amide bonds. The van der Waals surface area contributed by atoms with Gasteiger partial charge in [0.25, 0.3) is 11.8 Å². The SMILES string of the molecule is COc1cc(OC(F)(F)F)ccc1Oc1cncc(F)c1C(=O)Nc1ccnc(C(N)=O)c1. The minimum atomic E-state index is -4.92. The minimum Gasteiger partial charge on any atom is -0.493 e. The van der Waals surface area contributed by atoms with Crippen molar-refractivity contribution in [2.45, 2.75) is 6.36 Å². The summed E-state index contributed by atoms with van der Waals surface area (Å²) >= 11 is 0. The molecule has 2 aromatic heterocycles. The van der Waals surface area contributed by atoms with E-state index in [4.69, 9.17) is 15.2 Å². The van der Waals surface area contributed by atoms with Gasteiger partial charge in [-0.3, -0.25) is 19.6 Å². The molecular weight excluding hydrogens is 452 g/mol. The van der Waals surface area contributed by atoms with E-state index in [1.807, 2.05) is 0 Å². The minimum absolute atomic E-state index is 0.0946. The number of nitrogens with zero attached hydrogens (tertiary/aromatic N) is 2. The van der Waals surface area contributed by atoms with E-state index in [1.165, 1.54) is 18.3 Å². The van der Waals surface area contributed by atoms with Crippen LogP contribution in [0.2, 0.25) is 0 Å². The van der Waals surface area contributed by atoms with Gasteiger partial charge >= 0.3 is 6.36 Å². The molecule has 9 nitrogen and oxygen atoms in total. The van der Waals surface area contributed by atoms with Crippen molar-refractivity contribution in [1.29, 1.82) is 0 Å². The fourth-order valence-electron chi connectivity index (χ4n) is 2.60. The Morgan fingerprint density at radius 3 is 2.48 bits per heavy atom. The normalized spacial score (nSPS) is 10.9. The first-order chi connectivity index (χ1) is 15.6. The van der Waals surface area contributed by atoms with Crippen LogP contribution in [0.4, 0.5) is 23.2 Å². The number of nitrogens with one attached hydrogen (secondary N) is 1. The number of hydrogen-bond acceptors (Lipinski definition) is 7. The quantitative estimate of drug-likeness (QED) is 0.509. The second-order valence-corrected chi connectivity index (χ2v) is 6.21. The van der Waals surface area contributed by atoms with Crippen LogP contribution in [0.15, 0.2) is 48.9 Å². The molecule has 0 saturated heterocycles. The first kappa shape index (κ1) is 23.2. The Morgan fingerprint density at radius 2 is 1.82 bits per heavy atom. The molecule has 2 heterocycles. The molecule has 1 aromatic carbocycles. The fourth-order valence-corrected chi connectivity index (χ4v) is 2.60. The molecule has 0 atom stereocenters. The summed E-state index contributed by atoms with van der Waals surface area (Å²) in [7, 11) is 1.16. The largest absolute Gasteiger partial charge is 0.573 e. The van der Waals surface area contributed by atoms with Crippen molar-refractivity contribution in [3.63, 3.8) is 0 Å². The van der Waals surface area contributed by atoms with Crippen LogP contribution in [0.25, 0.3) is 0 Å². The lowest BCUT2D eigenvalue weighted by molar-refractivity contribution is -0.274. The number of benzene rings is 1. The number of aromatic nitrogens is 2. The molecule has 0 aliphatic heterocycles. The molecule has 3 N–H and O–H groups in total. The number of amides is 2. The summed E-state index contributed by atoms with van der Waals surface area (Å²) < 4.78 is 66.1. The first-order valence-electron chi connectivity index (χ1n) is 8.89. The predicted molar refractivity (Wildman–Crippen MR) is 105 cm³/mol. The van der Waals surface area contributed by atoms with Crippen molar-refractivity contribution in [2.75, 3.05) is 12.4 Å². The maximum Gasteiger partial charge on any atom is 0.573 e. The van der Waals surface area contributed by atoms with E-state index in [0.717, 1.165) is 37.7 Å². The number of ether oxygens (including phenoxy) is 3. The van der Waals surface area contributed by atoms with E-state index in [9.17, 15) is 27.2 Å². The Labute approximate surface area is 183 Å². The summed E-state index contributed by atoms with van der Waals surface area (Å²) in [6, 6.07) is 5.45. The van der Waals surface area contributed by atoms with Gasteiger partial charge in [-0.2, -0.15) is 0 Å². The predicted octanol–water partition coefficient (Wildman–Crippen LogP) is 3.67. The number of anilines is 1. The van der Waals surface area contributed by atoms with Gasteiger partial charge < -0.3 is 25.3 Å². The zero-order valence-electron chi connectivity index (χ0n) is 16.6. The smallest absolute Gasteiger partial charge is 0.493 e. The van der Waals surface area contributed by atoms with E-state index >= 15 is 0 Å². The Morgan fingerprint density at radius 1 is 1.06 bits per heavy atom. The van der Waals surface area contributed by atoms with E-state index in [2.05, 4.69) is 20.0 Å². The van der Waals surface area contributed by atoms with E-state index in [-0.39, 0.29) is 28.6 Å². The molecule has 0 spiro atoms. The van der Waals surface area contributed by atoms with Gasteiger partial charge in [0, 0.05) is 18.0 Å². The molecule has 0 radical (unpaired) electrons. The number of methoxy groups -OCH3 is 1. The van der Waals surface area contributed by atoms with Crippen molar-refractivity contribution in [3.8, 4) is 23.0 Å². The van der Waals surface area contributed by atoms with Gasteiger partial charge in [0.05, 0.1) is 19.5 Å². The summed E-state index contributed by atoms with van der Waals surface area (Å²) in [5, 5.41) is 2.37. The Kier molecular flexibility index (Phi) is 6.61. The topological polar surface area (TPSA) is 126 Å². The van der Waals surface area contributed by atoms with Crippen LogP contribution < -0.4 is 25.3 Å². The summed E-state index contributed by atoms with van der Waals surface area (Å²) in [6.07, 6.45) is -1.92. The Hall–Kier alpha value is -4.42. The highest BCUT2D eigenvalue weighted by Gasteiger charge is 2.31. The van der Waals surface area contributed by atoms with Crippen molar-refractivity contribution in [2.24, 2.45) is 5.73 Å². The van der Waals surface area contributed by atoms with Gasteiger partial charge in [-0.1, -0.05) is 0 Å². The molecular formula is C20H14F4N4O5. The third kappa shape index (κ3) is 5.84. The fraction of sp³-hybridized carbons (Fsp3) is 0.100. The van der Waals surface area contributed by atoms with Crippen LogP contribution in [-0.4, -0.2) is 35.3 Å². The number of pyridine rings is 2. The average Bonchev–Trinajstić information content (AvgIpc) is 2.74. The van der Waals surface area contributed by atoms with Crippen molar-refractivity contribution >= 4 is 17.5 Å². The van der Waals surface area contributed by atoms with Gasteiger partial charge in [0.1, 0.15) is 17.0 Å². The molecule has 0 aliphatic carbocycles. The Balaban J connectivity index is 1.90. The van der Waals surface area contributed by atoms with E-state index in [1.54, 1.807) is 0 Å².